The molecule has 0 unspecified atom stereocenters. The van der Waals surface area contributed by atoms with Crippen LogP contribution >= 0.6 is 0 Å². The summed E-state index contributed by atoms with van der Waals surface area (Å²) in [6.45, 7) is 0.523. The van der Waals surface area contributed by atoms with Crippen molar-refractivity contribution in [2.24, 2.45) is 0 Å². The summed E-state index contributed by atoms with van der Waals surface area (Å²) in [6, 6.07) is 4.53. The van der Waals surface area contributed by atoms with Crippen LogP contribution in [0.25, 0.3) is 0 Å². The van der Waals surface area contributed by atoms with Crippen LogP contribution in [0.4, 0.5) is 8.78 Å². The van der Waals surface area contributed by atoms with Crippen molar-refractivity contribution in [1.29, 1.82) is 5.26 Å². The van der Waals surface area contributed by atoms with Crippen molar-refractivity contribution in [3.63, 3.8) is 0 Å². The molecule has 19 heavy (non-hydrogen) atoms. The predicted molar refractivity (Wildman–Crippen MR) is 62.9 cm³/mol. The molecule has 0 fully saturated rings. The number of hydrogen-bond donors (Lipinski definition) is 0. The lowest BCUT2D eigenvalue weighted by atomic mass is 10.0. The van der Waals surface area contributed by atoms with Crippen LogP contribution in [0.3, 0.4) is 0 Å². The first-order chi connectivity index (χ1) is 8.97. The van der Waals surface area contributed by atoms with E-state index in [-0.39, 0.29) is 24.3 Å². The van der Waals surface area contributed by atoms with Gasteiger partial charge in [0.05, 0.1) is 24.7 Å². The monoisotopic (exact) mass is 269 g/mol. The van der Waals surface area contributed by atoms with Gasteiger partial charge in [0, 0.05) is 0 Å². The van der Waals surface area contributed by atoms with Crippen LogP contribution in [0.1, 0.15) is 23.6 Å². The number of carbonyl (C=O) groups excluding carboxylic acids is 1. The van der Waals surface area contributed by atoms with Crippen LogP contribution in [0.15, 0.2) is 12.1 Å². The summed E-state index contributed by atoms with van der Waals surface area (Å²) in [5.74, 6) is -0.542. The van der Waals surface area contributed by atoms with Gasteiger partial charge in [0.1, 0.15) is 5.75 Å². The van der Waals surface area contributed by atoms with Crippen LogP contribution in [0.2, 0.25) is 0 Å². The third-order valence-corrected chi connectivity index (χ3v) is 2.38. The lowest BCUT2D eigenvalue weighted by Gasteiger charge is -2.11. The molecule has 0 aliphatic heterocycles. The SMILES string of the molecule is CCOC(=O)Cc1cc(C)c(OC(F)F)cc1C#N. The van der Waals surface area contributed by atoms with E-state index in [1.807, 2.05) is 6.07 Å². The number of benzene rings is 1. The van der Waals surface area contributed by atoms with Crippen LogP contribution in [-0.2, 0) is 16.0 Å². The molecule has 0 spiro atoms. The lowest BCUT2D eigenvalue weighted by molar-refractivity contribution is -0.142. The highest BCUT2D eigenvalue weighted by molar-refractivity contribution is 5.74. The fourth-order valence-electron chi connectivity index (χ4n) is 1.59. The zero-order chi connectivity index (χ0) is 14.4. The Morgan fingerprint density at radius 1 is 1.47 bits per heavy atom. The van der Waals surface area contributed by atoms with E-state index in [0.717, 1.165) is 0 Å². The second-order valence-corrected chi connectivity index (χ2v) is 3.75. The maximum atomic E-state index is 12.2. The number of hydrogen-bond acceptors (Lipinski definition) is 4. The maximum absolute atomic E-state index is 12.2. The van der Waals surface area contributed by atoms with E-state index >= 15 is 0 Å². The highest BCUT2D eigenvalue weighted by Crippen LogP contribution is 2.25. The van der Waals surface area contributed by atoms with Gasteiger partial charge in [0.2, 0.25) is 0 Å². The molecule has 102 valence electrons. The highest BCUT2D eigenvalue weighted by atomic mass is 19.3. The van der Waals surface area contributed by atoms with Gasteiger partial charge in [0.15, 0.2) is 0 Å². The molecule has 0 aliphatic rings. The van der Waals surface area contributed by atoms with Crippen LogP contribution in [-0.4, -0.2) is 19.2 Å². The molecule has 0 saturated heterocycles. The predicted octanol–water partition coefficient (Wildman–Crippen LogP) is 2.57. The Balaban J connectivity index is 3.04. The van der Waals surface area contributed by atoms with Gasteiger partial charge < -0.3 is 9.47 Å². The Morgan fingerprint density at radius 2 is 2.16 bits per heavy atom. The zero-order valence-electron chi connectivity index (χ0n) is 10.6. The number of ether oxygens (including phenoxy) is 2. The fourth-order valence-corrected chi connectivity index (χ4v) is 1.59. The van der Waals surface area contributed by atoms with Crippen LogP contribution < -0.4 is 4.74 Å². The molecule has 6 heteroatoms. The van der Waals surface area contributed by atoms with Gasteiger partial charge in [-0.05, 0) is 31.0 Å². The van der Waals surface area contributed by atoms with Gasteiger partial charge >= 0.3 is 12.6 Å². The summed E-state index contributed by atoms with van der Waals surface area (Å²) in [5.41, 5.74) is 0.980. The minimum Gasteiger partial charge on any atom is -0.466 e. The molecule has 0 amide bonds. The van der Waals surface area contributed by atoms with Crippen molar-refractivity contribution in [2.75, 3.05) is 6.61 Å². The van der Waals surface area contributed by atoms with Crippen molar-refractivity contribution in [2.45, 2.75) is 26.9 Å². The molecule has 0 saturated carbocycles. The van der Waals surface area contributed by atoms with Gasteiger partial charge in [-0.3, -0.25) is 4.79 Å². The van der Waals surface area contributed by atoms with Crippen molar-refractivity contribution < 1.29 is 23.0 Å². The Bertz CT molecular complexity index is 509. The molecule has 1 aromatic carbocycles. The minimum absolute atomic E-state index is 0.0702. The van der Waals surface area contributed by atoms with E-state index < -0.39 is 12.6 Å². The number of esters is 1. The van der Waals surface area contributed by atoms with Crippen molar-refractivity contribution in [3.05, 3.63) is 28.8 Å². The average Bonchev–Trinajstić information content (AvgIpc) is 2.32. The first-order valence-electron chi connectivity index (χ1n) is 5.62. The van der Waals surface area contributed by atoms with E-state index in [1.165, 1.54) is 12.1 Å². The molecule has 0 N–H and O–H groups in total. The summed E-state index contributed by atoms with van der Waals surface area (Å²) >= 11 is 0. The summed E-state index contributed by atoms with van der Waals surface area (Å²) in [7, 11) is 0. The third-order valence-electron chi connectivity index (χ3n) is 2.38. The number of halogens is 2. The Morgan fingerprint density at radius 3 is 2.68 bits per heavy atom. The maximum Gasteiger partial charge on any atom is 0.387 e. The zero-order valence-corrected chi connectivity index (χ0v) is 10.6. The van der Waals surface area contributed by atoms with Gasteiger partial charge in [-0.1, -0.05) is 6.07 Å². The van der Waals surface area contributed by atoms with E-state index in [2.05, 4.69) is 4.74 Å². The quantitative estimate of drug-likeness (QED) is 0.771. The van der Waals surface area contributed by atoms with Gasteiger partial charge in [-0.15, -0.1) is 0 Å². The summed E-state index contributed by atoms with van der Waals surface area (Å²) in [5, 5.41) is 8.97. The van der Waals surface area contributed by atoms with E-state index in [9.17, 15) is 13.6 Å². The molecule has 0 heterocycles. The van der Waals surface area contributed by atoms with Crippen molar-refractivity contribution >= 4 is 5.97 Å². The topological polar surface area (TPSA) is 59.3 Å². The summed E-state index contributed by atoms with van der Waals surface area (Å²) in [6.07, 6.45) is -0.0769. The third kappa shape index (κ3) is 4.21. The average molecular weight is 269 g/mol. The van der Waals surface area contributed by atoms with Gasteiger partial charge in [0.25, 0.3) is 0 Å². The molecule has 0 bridgehead atoms. The van der Waals surface area contributed by atoms with Crippen molar-refractivity contribution in [1.82, 2.24) is 0 Å². The molecule has 0 aromatic heterocycles. The molecule has 4 nitrogen and oxygen atoms in total. The van der Waals surface area contributed by atoms with Gasteiger partial charge in [-0.25, -0.2) is 0 Å². The fraction of sp³-hybridized carbons (Fsp3) is 0.385. The molecule has 1 aromatic rings. The molecule has 0 aliphatic carbocycles. The minimum atomic E-state index is -2.96. The first-order valence-corrected chi connectivity index (χ1v) is 5.62. The smallest absolute Gasteiger partial charge is 0.387 e. The number of aryl methyl sites for hydroxylation is 1. The number of nitrogens with zero attached hydrogens (tertiary/aromatic N) is 1. The number of alkyl halides is 2. The lowest BCUT2D eigenvalue weighted by Crippen LogP contribution is -2.10. The standard InChI is InChI=1S/C13H13F2NO3/c1-3-18-12(17)6-9-4-8(2)11(19-13(14)15)5-10(9)7-16/h4-5,13H,3,6H2,1-2H3. The first kappa shape index (κ1) is 14.9. The van der Waals surface area contributed by atoms with E-state index in [4.69, 9.17) is 10.00 Å². The Kier molecular flexibility index (Phi) is 5.24. The number of carbonyl (C=O) groups is 1. The van der Waals surface area contributed by atoms with Crippen LogP contribution in [0.5, 0.6) is 5.75 Å². The van der Waals surface area contributed by atoms with Gasteiger partial charge in [-0.2, -0.15) is 14.0 Å². The Labute approximate surface area is 109 Å². The summed E-state index contributed by atoms with van der Waals surface area (Å²) in [4.78, 5) is 11.4. The van der Waals surface area contributed by atoms with E-state index in [0.29, 0.717) is 11.1 Å². The Hall–Kier alpha value is -2.16. The molecule has 1 rings (SSSR count). The second kappa shape index (κ2) is 6.69. The second-order valence-electron chi connectivity index (χ2n) is 3.75. The highest BCUT2D eigenvalue weighted by Gasteiger charge is 2.14. The number of nitriles is 1. The molecule has 0 atom stereocenters. The molecular weight excluding hydrogens is 256 g/mol. The largest absolute Gasteiger partial charge is 0.466 e. The normalized spacial score (nSPS) is 10.1. The molecule has 0 radical (unpaired) electrons. The van der Waals surface area contributed by atoms with E-state index in [1.54, 1.807) is 13.8 Å². The van der Waals surface area contributed by atoms with Crippen molar-refractivity contribution in [3.8, 4) is 11.8 Å². The summed E-state index contributed by atoms with van der Waals surface area (Å²) < 4.78 is 33.4. The molecular formula is C13H13F2NO3. The van der Waals surface area contributed by atoms with Crippen LogP contribution in [0, 0.1) is 18.3 Å². The number of rotatable bonds is 5.